The molecule has 0 aromatic rings. The molecule has 1 aliphatic heterocycles. The van der Waals surface area contributed by atoms with Gasteiger partial charge in [0.25, 0.3) is 0 Å². The summed E-state index contributed by atoms with van der Waals surface area (Å²) in [7, 11) is 5.54. The molecule has 1 N–H and O–H groups in total. The first-order valence-corrected chi connectivity index (χ1v) is 6.09. The van der Waals surface area contributed by atoms with E-state index in [4.69, 9.17) is 9.47 Å². The van der Waals surface area contributed by atoms with Gasteiger partial charge in [0, 0.05) is 39.4 Å². The number of hydrogen-bond donors (Lipinski definition) is 1. The lowest BCUT2D eigenvalue weighted by Gasteiger charge is -2.26. The molecular weight excluding hydrogens is 204 g/mol. The second-order valence-electron chi connectivity index (χ2n) is 4.78. The summed E-state index contributed by atoms with van der Waals surface area (Å²) < 4.78 is 10.9. The van der Waals surface area contributed by atoms with Crippen LogP contribution in [0.1, 0.15) is 20.3 Å². The van der Waals surface area contributed by atoms with Crippen molar-refractivity contribution in [3.63, 3.8) is 0 Å². The van der Waals surface area contributed by atoms with Gasteiger partial charge in [-0.05, 0) is 27.3 Å². The Hall–Kier alpha value is -0.160. The van der Waals surface area contributed by atoms with Crippen LogP contribution in [0, 0.1) is 0 Å². The molecular formula is C12H26N2O2. The molecule has 0 aromatic carbocycles. The van der Waals surface area contributed by atoms with E-state index in [-0.39, 0.29) is 12.2 Å². The standard InChI is InChI=1S/C12H26N2O2/c1-9(13-3)6-10(2)14-7-11(15-4)12(8-14)16-5/h9-13H,6-8H2,1-5H3. The van der Waals surface area contributed by atoms with Crippen molar-refractivity contribution in [2.45, 2.75) is 44.6 Å². The summed E-state index contributed by atoms with van der Waals surface area (Å²) in [6.07, 6.45) is 1.60. The fourth-order valence-corrected chi connectivity index (χ4v) is 2.36. The predicted molar refractivity (Wildman–Crippen MR) is 65.8 cm³/mol. The lowest BCUT2D eigenvalue weighted by atomic mass is 10.1. The van der Waals surface area contributed by atoms with Gasteiger partial charge < -0.3 is 14.8 Å². The lowest BCUT2D eigenvalue weighted by molar-refractivity contribution is -0.00461. The van der Waals surface area contributed by atoms with Crippen LogP contribution >= 0.6 is 0 Å². The second kappa shape index (κ2) is 6.55. The molecule has 4 unspecified atom stereocenters. The van der Waals surface area contributed by atoms with Gasteiger partial charge in [-0.3, -0.25) is 4.90 Å². The van der Waals surface area contributed by atoms with Crippen LogP contribution in [0.5, 0.6) is 0 Å². The number of methoxy groups -OCH3 is 2. The van der Waals surface area contributed by atoms with Gasteiger partial charge in [-0.1, -0.05) is 0 Å². The maximum absolute atomic E-state index is 5.44. The molecule has 4 nitrogen and oxygen atoms in total. The second-order valence-corrected chi connectivity index (χ2v) is 4.78. The SMILES string of the molecule is CNC(C)CC(C)N1CC(OC)C(OC)C1. The molecule has 1 heterocycles. The minimum atomic E-state index is 0.220. The summed E-state index contributed by atoms with van der Waals surface area (Å²) in [5, 5.41) is 3.28. The van der Waals surface area contributed by atoms with E-state index in [1.807, 2.05) is 7.05 Å². The number of hydrogen-bond acceptors (Lipinski definition) is 4. The maximum Gasteiger partial charge on any atom is 0.0971 e. The van der Waals surface area contributed by atoms with E-state index in [1.54, 1.807) is 14.2 Å². The predicted octanol–water partition coefficient (Wildman–Crippen LogP) is 0.719. The Labute approximate surface area is 99.3 Å². The Morgan fingerprint density at radius 2 is 1.69 bits per heavy atom. The Bertz CT molecular complexity index is 189. The zero-order valence-corrected chi connectivity index (χ0v) is 11.2. The van der Waals surface area contributed by atoms with Crippen LogP contribution in [0.25, 0.3) is 0 Å². The average molecular weight is 230 g/mol. The molecule has 96 valence electrons. The van der Waals surface area contributed by atoms with Gasteiger partial charge in [-0.15, -0.1) is 0 Å². The fraction of sp³-hybridized carbons (Fsp3) is 1.00. The van der Waals surface area contributed by atoms with E-state index in [0.29, 0.717) is 12.1 Å². The van der Waals surface area contributed by atoms with Crippen molar-refractivity contribution in [2.75, 3.05) is 34.4 Å². The minimum absolute atomic E-state index is 0.220. The third kappa shape index (κ3) is 3.42. The highest BCUT2D eigenvalue weighted by molar-refractivity contribution is 4.88. The van der Waals surface area contributed by atoms with Crippen LogP contribution in [0.2, 0.25) is 0 Å². The summed E-state index contributed by atoms with van der Waals surface area (Å²) in [5.74, 6) is 0. The minimum Gasteiger partial charge on any atom is -0.377 e. The highest BCUT2D eigenvalue weighted by atomic mass is 16.5. The van der Waals surface area contributed by atoms with Crippen LogP contribution in [0.4, 0.5) is 0 Å². The topological polar surface area (TPSA) is 33.7 Å². The van der Waals surface area contributed by atoms with E-state index in [0.717, 1.165) is 19.5 Å². The largest absolute Gasteiger partial charge is 0.377 e. The van der Waals surface area contributed by atoms with Crippen molar-refractivity contribution in [2.24, 2.45) is 0 Å². The molecule has 1 saturated heterocycles. The highest BCUT2D eigenvalue weighted by Gasteiger charge is 2.35. The summed E-state index contributed by atoms with van der Waals surface area (Å²) in [5.41, 5.74) is 0. The van der Waals surface area contributed by atoms with E-state index >= 15 is 0 Å². The van der Waals surface area contributed by atoms with Gasteiger partial charge in [-0.2, -0.15) is 0 Å². The monoisotopic (exact) mass is 230 g/mol. The van der Waals surface area contributed by atoms with Gasteiger partial charge in [0.15, 0.2) is 0 Å². The van der Waals surface area contributed by atoms with Crippen molar-refractivity contribution in [3.05, 3.63) is 0 Å². The Kier molecular flexibility index (Phi) is 5.69. The van der Waals surface area contributed by atoms with Gasteiger partial charge in [0.2, 0.25) is 0 Å². The molecule has 4 atom stereocenters. The smallest absolute Gasteiger partial charge is 0.0971 e. The Morgan fingerprint density at radius 1 is 1.19 bits per heavy atom. The highest BCUT2D eigenvalue weighted by Crippen LogP contribution is 2.20. The third-order valence-electron chi connectivity index (χ3n) is 3.66. The van der Waals surface area contributed by atoms with E-state index in [9.17, 15) is 0 Å². The molecule has 1 aliphatic rings. The first-order chi connectivity index (χ1) is 7.62. The van der Waals surface area contributed by atoms with Crippen LogP contribution in [0.15, 0.2) is 0 Å². The van der Waals surface area contributed by atoms with E-state index < -0.39 is 0 Å². The van der Waals surface area contributed by atoms with Crippen LogP contribution in [-0.2, 0) is 9.47 Å². The summed E-state index contributed by atoms with van der Waals surface area (Å²) in [4.78, 5) is 2.45. The van der Waals surface area contributed by atoms with Crippen molar-refractivity contribution >= 4 is 0 Å². The van der Waals surface area contributed by atoms with E-state index in [1.165, 1.54) is 0 Å². The van der Waals surface area contributed by atoms with Gasteiger partial charge in [0.05, 0.1) is 12.2 Å². The quantitative estimate of drug-likeness (QED) is 0.729. The Balaban J connectivity index is 2.43. The summed E-state index contributed by atoms with van der Waals surface area (Å²) >= 11 is 0. The number of nitrogens with zero attached hydrogens (tertiary/aromatic N) is 1. The zero-order valence-electron chi connectivity index (χ0n) is 11.2. The number of nitrogens with one attached hydrogen (secondary N) is 1. The number of rotatable bonds is 6. The van der Waals surface area contributed by atoms with Crippen molar-refractivity contribution in [3.8, 4) is 0 Å². The van der Waals surface area contributed by atoms with Gasteiger partial charge in [-0.25, -0.2) is 0 Å². The third-order valence-corrected chi connectivity index (χ3v) is 3.66. The molecule has 0 saturated carbocycles. The first-order valence-electron chi connectivity index (χ1n) is 6.09. The maximum atomic E-state index is 5.44. The molecule has 0 radical (unpaired) electrons. The number of likely N-dealkylation sites (tertiary alicyclic amines) is 1. The molecule has 0 spiro atoms. The van der Waals surface area contributed by atoms with Crippen molar-refractivity contribution in [1.29, 1.82) is 0 Å². The van der Waals surface area contributed by atoms with E-state index in [2.05, 4.69) is 24.1 Å². The lowest BCUT2D eigenvalue weighted by Crippen LogP contribution is -2.37. The molecule has 0 bridgehead atoms. The molecule has 0 amide bonds. The molecule has 1 rings (SSSR count). The molecule has 4 heteroatoms. The molecule has 0 aromatic heterocycles. The molecule has 0 aliphatic carbocycles. The Morgan fingerprint density at radius 3 is 2.06 bits per heavy atom. The fourth-order valence-electron chi connectivity index (χ4n) is 2.36. The van der Waals surface area contributed by atoms with Crippen molar-refractivity contribution in [1.82, 2.24) is 10.2 Å². The molecule has 16 heavy (non-hydrogen) atoms. The normalized spacial score (nSPS) is 30.6. The van der Waals surface area contributed by atoms with Crippen molar-refractivity contribution < 1.29 is 9.47 Å². The van der Waals surface area contributed by atoms with Crippen LogP contribution in [0.3, 0.4) is 0 Å². The van der Waals surface area contributed by atoms with Gasteiger partial charge in [0.1, 0.15) is 0 Å². The molecule has 1 fully saturated rings. The van der Waals surface area contributed by atoms with Crippen LogP contribution in [-0.4, -0.2) is 63.5 Å². The first kappa shape index (κ1) is 13.9. The number of ether oxygens (including phenoxy) is 2. The summed E-state index contributed by atoms with van der Waals surface area (Å²) in [6, 6.07) is 1.12. The zero-order chi connectivity index (χ0) is 12.1. The average Bonchev–Trinajstić information content (AvgIpc) is 2.71. The summed E-state index contributed by atoms with van der Waals surface area (Å²) in [6.45, 7) is 6.45. The van der Waals surface area contributed by atoms with Crippen LogP contribution < -0.4 is 5.32 Å². The van der Waals surface area contributed by atoms with Gasteiger partial charge >= 0.3 is 0 Å².